The molecule has 0 atom stereocenters. The molecule has 12 aromatic rings. The molecule has 318 valence electrons. The zero-order chi connectivity index (χ0) is 45.0. The van der Waals surface area contributed by atoms with Crippen molar-refractivity contribution in [1.82, 2.24) is 15.0 Å². The van der Waals surface area contributed by atoms with Gasteiger partial charge in [0.25, 0.3) is 0 Å². The number of hydrogen-bond donors (Lipinski definition) is 0. The molecule has 4 heteroatoms. The molecule has 0 unspecified atom stereocenters. The Hall–Kier alpha value is -8.99. The molecule has 1 aliphatic carbocycles. The number of aromatic nitrogens is 3. The molecule has 0 N–H and O–H groups in total. The van der Waals surface area contributed by atoms with E-state index in [1.54, 1.807) is 0 Å². The van der Waals surface area contributed by atoms with Crippen molar-refractivity contribution in [3.05, 3.63) is 271 Å². The highest BCUT2D eigenvalue weighted by molar-refractivity contribution is 6.13. The average molecular weight is 868 g/mol. The Kier molecular flexibility index (Phi) is 9.36. The van der Waals surface area contributed by atoms with Gasteiger partial charge in [0.15, 0.2) is 17.5 Å². The van der Waals surface area contributed by atoms with Gasteiger partial charge in [-0.3, -0.25) is 0 Å². The van der Waals surface area contributed by atoms with E-state index in [-0.39, 0.29) is 0 Å². The predicted molar refractivity (Wildman–Crippen MR) is 277 cm³/mol. The van der Waals surface area contributed by atoms with E-state index in [0.717, 1.165) is 66.4 Å². The van der Waals surface area contributed by atoms with Crippen LogP contribution in [-0.4, -0.2) is 15.0 Å². The van der Waals surface area contributed by atoms with Gasteiger partial charge in [-0.2, -0.15) is 0 Å². The van der Waals surface area contributed by atoms with Crippen molar-refractivity contribution < 1.29 is 4.42 Å². The molecule has 0 bridgehead atoms. The molecule has 0 amide bonds. The molecule has 13 rings (SSSR count). The van der Waals surface area contributed by atoms with Crippen LogP contribution in [0.1, 0.15) is 22.3 Å². The number of furan rings is 1. The second-order valence-corrected chi connectivity index (χ2v) is 17.4. The Bertz CT molecular complexity index is 3800. The molecule has 68 heavy (non-hydrogen) atoms. The fraction of sp³-hybridized carbons (Fsp3) is 0.0156. The van der Waals surface area contributed by atoms with Crippen LogP contribution in [-0.2, 0) is 5.41 Å². The minimum absolute atomic E-state index is 0.473. The quantitative estimate of drug-likeness (QED) is 0.153. The maximum Gasteiger partial charge on any atom is 0.164 e. The third kappa shape index (κ3) is 6.34. The lowest BCUT2D eigenvalue weighted by molar-refractivity contribution is 0.669. The van der Waals surface area contributed by atoms with E-state index in [9.17, 15) is 0 Å². The van der Waals surface area contributed by atoms with Crippen molar-refractivity contribution >= 4 is 21.9 Å². The first-order chi connectivity index (χ1) is 33.7. The van der Waals surface area contributed by atoms with Gasteiger partial charge < -0.3 is 4.42 Å². The van der Waals surface area contributed by atoms with Crippen LogP contribution in [0.25, 0.3) is 101 Å². The predicted octanol–water partition coefficient (Wildman–Crippen LogP) is 16.1. The van der Waals surface area contributed by atoms with E-state index in [1.807, 2.05) is 54.6 Å². The van der Waals surface area contributed by atoms with Crippen LogP contribution in [0.4, 0.5) is 0 Å². The molecule has 0 spiro atoms. The van der Waals surface area contributed by atoms with E-state index in [1.165, 1.54) is 38.9 Å². The molecular weight excluding hydrogens is 827 g/mol. The molecule has 1 aliphatic rings. The summed E-state index contributed by atoms with van der Waals surface area (Å²) in [6, 6.07) is 88.3. The van der Waals surface area contributed by atoms with Gasteiger partial charge in [-0.15, -0.1) is 0 Å². The summed E-state index contributed by atoms with van der Waals surface area (Å²) in [5.41, 5.74) is 18.2. The minimum Gasteiger partial charge on any atom is -0.456 e. The lowest BCUT2D eigenvalue weighted by Crippen LogP contribution is -2.28. The van der Waals surface area contributed by atoms with Gasteiger partial charge in [-0.05, 0) is 91.0 Å². The molecular formula is C64H41N3O. The topological polar surface area (TPSA) is 51.8 Å². The summed E-state index contributed by atoms with van der Waals surface area (Å²) < 4.78 is 6.61. The van der Waals surface area contributed by atoms with Crippen LogP contribution < -0.4 is 0 Å². The lowest BCUT2D eigenvalue weighted by atomic mass is 9.67. The molecule has 2 heterocycles. The zero-order valence-electron chi connectivity index (χ0n) is 36.9. The maximum atomic E-state index is 6.61. The van der Waals surface area contributed by atoms with Crippen LogP contribution >= 0.6 is 0 Å². The van der Waals surface area contributed by atoms with Crippen LogP contribution in [0.5, 0.6) is 0 Å². The molecule has 0 aliphatic heterocycles. The number of fused-ring (bicyclic) bond motifs is 6. The number of benzene rings is 10. The first kappa shape index (κ1) is 39.4. The number of hydrogen-bond acceptors (Lipinski definition) is 4. The summed E-state index contributed by atoms with van der Waals surface area (Å²) >= 11 is 0. The molecule has 0 fully saturated rings. The van der Waals surface area contributed by atoms with Gasteiger partial charge in [-0.25, -0.2) is 15.0 Å². The average Bonchev–Trinajstić information content (AvgIpc) is 3.96. The Balaban J connectivity index is 0.963. The number of nitrogens with zero attached hydrogens (tertiary/aromatic N) is 3. The van der Waals surface area contributed by atoms with Gasteiger partial charge in [-0.1, -0.05) is 224 Å². The summed E-state index contributed by atoms with van der Waals surface area (Å²) in [6.45, 7) is 0. The second kappa shape index (κ2) is 16.2. The van der Waals surface area contributed by atoms with Crippen LogP contribution in [0, 0.1) is 0 Å². The molecule has 0 saturated carbocycles. The van der Waals surface area contributed by atoms with Gasteiger partial charge >= 0.3 is 0 Å². The van der Waals surface area contributed by atoms with E-state index in [2.05, 4.69) is 194 Å². The summed E-state index contributed by atoms with van der Waals surface area (Å²) in [5, 5.41) is 1.96. The van der Waals surface area contributed by atoms with Crippen molar-refractivity contribution in [3.8, 4) is 78.7 Å². The van der Waals surface area contributed by atoms with Gasteiger partial charge in [0.05, 0.1) is 5.41 Å². The van der Waals surface area contributed by atoms with Gasteiger partial charge in [0, 0.05) is 27.5 Å². The Morgan fingerprint density at radius 3 is 1.53 bits per heavy atom. The third-order valence-corrected chi connectivity index (χ3v) is 13.6. The van der Waals surface area contributed by atoms with Gasteiger partial charge in [0.1, 0.15) is 11.2 Å². The second-order valence-electron chi connectivity index (χ2n) is 17.4. The van der Waals surface area contributed by atoms with Crippen molar-refractivity contribution in [2.24, 2.45) is 0 Å². The van der Waals surface area contributed by atoms with Crippen LogP contribution in [0.3, 0.4) is 0 Å². The lowest BCUT2D eigenvalue weighted by Gasteiger charge is -2.34. The zero-order valence-corrected chi connectivity index (χ0v) is 36.9. The highest BCUT2D eigenvalue weighted by Crippen LogP contribution is 2.58. The van der Waals surface area contributed by atoms with Crippen LogP contribution in [0.15, 0.2) is 253 Å². The molecule has 2 aromatic heterocycles. The summed E-state index contributed by atoms with van der Waals surface area (Å²) in [4.78, 5) is 15.6. The molecule has 10 aromatic carbocycles. The first-order valence-electron chi connectivity index (χ1n) is 23.1. The Morgan fingerprint density at radius 1 is 0.294 bits per heavy atom. The summed E-state index contributed by atoms with van der Waals surface area (Å²) in [5.74, 6) is 1.80. The highest BCUT2D eigenvalue weighted by atomic mass is 16.3. The largest absolute Gasteiger partial charge is 0.456 e. The van der Waals surface area contributed by atoms with E-state index in [4.69, 9.17) is 19.4 Å². The van der Waals surface area contributed by atoms with Crippen LogP contribution in [0.2, 0.25) is 0 Å². The van der Waals surface area contributed by atoms with E-state index in [0.29, 0.717) is 17.5 Å². The fourth-order valence-corrected chi connectivity index (χ4v) is 10.7. The monoisotopic (exact) mass is 867 g/mol. The van der Waals surface area contributed by atoms with E-state index >= 15 is 0 Å². The van der Waals surface area contributed by atoms with Crippen molar-refractivity contribution in [2.45, 2.75) is 5.41 Å². The summed E-state index contributed by atoms with van der Waals surface area (Å²) in [7, 11) is 0. The summed E-state index contributed by atoms with van der Waals surface area (Å²) in [6.07, 6.45) is 0. The smallest absolute Gasteiger partial charge is 0.164 e. The normalized spacial score (nSPS) is 12.5. The van der Waals surface area contributed by atoms with Crippen molar-refractivity contribution in [2.75, 3.05) is 0 Å². The van der Waals surface area contributed by atoms with E-state index < -0.39 is 5.41 Å². The third-order valence-electron chi connectivity index (χ3n) is 13.6. The SMILES string of the molecule is c1ccc(-c2nc(-c3ccccc3-c3ccccc3)nc(-c3cccc4oc5ccc(-c6cccc(-c7cccc8c7-c7ccccc7C8(c7ccccc7)c7ccccc7)c6)cc5c34)n2)cc1. The van der Waals surface area contributed by atoms with Crippen molar-refractivity contribution in [1.29, 1.82) is 0 Å². The maximum absolute atomic E-state index is 6.61. The molecule has 0 saturated heterocycles. The molecule has 0 radical (unpaired) electrons. The standard InChI is InChI=1S/C64H41N3O/c1-5-20-42(21-6-1)49-30-13-14-31-51(49)62-65-61(43-22-7-2-8-23-43)66-63(67-62)53-34-19-37-58-60(53)54-41-45(38-39-57(54)68-58)44-24-17-25-46(40-44)50-33-18-36-56-59(50)52-32-15-16-35-55(52)64(56,47-26-9-3-10-27-47)48-28-11-4-12-29-48/h1-41H. The highest BCUT2D eigenvalue weighted by Gasteiger charge is 2.46. The Morgan fingerprint density at radius 2 is 0.794 bits per heavy atom. The number of rotatable bonds is 8. The fourth-order valence-electron chi connectivity index (χ4n) is 10.7. The van der Waals surface area contributed by atoms with Gasteiger partial charge in [0.2, 0.25) is 0 Å². The molecule has 4 nitrogen and oxygen atoms in total. The minimum atomic E-state index is -0.473. The first-order valence-corrected chi connectivity index (χ1v) is 23.1. The van der Waals surface area contributed by atoms with Crippen molar-refractivity contribution in [3.63, 3.8) is 0 Å². The Labute approximate surface area is 394 Å².